The molecule has 1 fully saturated rings. The normalized spacial score (nSPS) is 15.6. The number of nitrogens with one attached hydrogen (secondary N) is 1. The lowest BCUT2D eigenvalue weighted by molar-refractivity contribution is -0.128. The molecule has 1 heterocycles. The summed E-state index contributed by atoms with van der Waals surface area (Å²) in [7, 11) is 0. The Hall–Kier alpha value is -2.43. The van der Waals surface area contributed by atoms with Crippen LogP contribution in [0.4, 0.5) is 14.5 Å². The fourth-order valence-corrected chi connectivity index (χ4v) is 3.04. The van der Waals surface area contributed by atoms with Gasteiger partial charge in [-0.2, -0.15) is 0 Å². The van der Waals surface area contributed by atoms with Gasteiger partial charge < -0.3 is 10.2 Å². The van der Waals surface area contributed by atoms with Crippen LogP contribution >= 0.6 is 0 Å². The van der Waals surface area contributed by atoms with Crippen molar-refractivity contribution in [1.82, 2.24) is 4.90 Å². The van der Waals surface area contributed by atoms with Gasteiger partial charge in [0, 0.05) is 30.8 Å². The zero-order chi connectivity index (χ0) is 17.1. The third-order valence-electron chi connectivity index (χ3n) is 4.31. The van der Waals surface area contributed by atoms with Crippen molar-refractivity contribution < 1.29 is 13.6 Å². The van der Waals surface area contributed by atoms with Gasteiger partial charge in [0.2, 0.25) is 5.91 Å². The van der Waals surface area contributed by atoms with Gasteiger partial charge in [-0.15, -0.1) is 0 Å². The standard InChI is InChI=1S/C19H20F2N2O/c1-13(19-16(20)4-2-5-17(19)21)22-15-9-7-14(8-10-15)12-23-11-3-6-18(23)24/h2,4-5,7-10,13,22H,3,6,11-12H2,1H3/t13-/m1/s1. The number of amides is 1. The summed E-state index contributed by atoms with van der Waals surface area (Å²) in [6, 6.07) is 11.0. The average Bonchev–Trinajstić information content (AvgIpc) is 2.94. The number of nitrogens with zero attached hydrogens (tertiary/aromatic N) is 1. The highest BCUT2D eigenvalue weighted by Gasteiger charge is 2.20. The Kier molecular flexibility index (Phi) is 4.79. The van der Waals surface area contributed by atoms with E-state index in [9.17, 15) is 13.6 Å². The van der Waals surface area contributed by atoms with E-state index in [-0.39, 0.29) is 11.5 Å². The molecule has 2 aromatic carbocycles. The van der Waals surface area contributed by atoms with Crippen LogP contribution in [0.3, 0.4) is 0 Å². The zero-order valence-electron chi connectivity index (χ0n) is 13.6. The molecule has 5 heteroatoms. The van der Waals surface area contributed by atoms with Crippen LogP contribution in [-0.4, -0.2) is 17.4 Å². The molecular formula is C19H20F2N2O. The van der Waals surface area contributed by atoms with Gasteiger partial charge in [-0.25, -0.2) is 8.78 Å². The largest absolute Gasteiger partial charge is 0.378 e. The van der Waals surface area contributed by atoms with Crippen molar-refractivity contribution in [3.8, 4) is 0 Å². The minimum atomic E-state index is -0.556. The molecule has 2 aromatic rings. The second-order valence-electron chi connectivity index (χ2n) is 6.12. The number of carbonyl (C=O) groups is 1. The third-order valence-corrected chi connectivity index (χ3v) is 4.31. The molecule has 1 N–H and O–H groups in total. The molecule has 24 heavy (non-hydrogen) atoms. The molecule has 0 bridgehead atoms. The topological polar surface area (TPSA) is 32.3 Å². The highest BCUT2D eigenvalue weighted by Crippen LogP contribution is 2.25. The summed E-state index contributed by atoms with van der Waals surface area (Å²) in [4.78, 5) is 13.5. The van der Waals surface area contributed by atoms with Gasteiger partial charge in [0.25, 0.3) is 0 Å². The molecule has 1 aliphatic heterocycles. The summed E-state index contributed by atoms with van der Waals surface area (Å²) in [5.41, 5.74) is 1.85. The van der Waals surface area contributed by atoms with Gasteiger partial charge >= 0.3 is 0 Å². The molecule has 0 aromatic heterocycles. The van der Waals surface area contributed by atoms with E-state index in [4.69, 9.17) is 0 Å². The first-order valence-electron chi connectivity index (χ1n) is 8.12. The number of halogens is 2. The van der Waals surface area contributed by atoms with Crippen LogP contribution in [0.2, 0.25) is 0 Å². The van der Waals surface area contributed by atoms with Crippen LogP contribution in [0.25, 0.3) is 0 Å². The number of benzene rings is 2. The Morgan fingerprint density at radius 2 is 1.79 bits per heavy atom. The first-order valence-corrected chi connectivity index (χ1v) is 8.12. The SMILES string of the molecule is C[C@@H](Nc1ccc(CN2CCCC2=O)cc1)c1c(F)cccc1F. The molecule has 1 saturated heterocycles. The average molecular weight is 330 g/mol. The number of hydrogen-bond acceptors (Lipinski definition) is 2. The first-order chi connectivity index (χ1) is 11.5. The van der Waals surface area contributed by atoms with Crippen molar-refractivity contribution in [1.29, 1.82) is 0 Å². The Morgan fingerprint density at radius 1 is 1.12 bits per heavy atom. The van der Waals surface area contributed by atoms with Crippen LogP contribution in [0, 0.1) is 11.6 Å². The van der Waals surface area contributed by atoms with Gasteiger partial charge in [0.05, 0.1) is 6.04 Å². The van der Waals surface area contributed by atoms with Crippen LogP contribution in [0.15, 0.2) is 42.5 Å². The van der Waals surface area contributed by atoms with Gasteiger partial charge in [0.1, 0.15) is 11.6 Å². The van der Waals surface area contributed by atoms with Gasteiger partial charge in [0.15, 0.2) is 0 Å². The van der Waals surface area contributed by atoms with Crippen molar-refractivity contribution >= 4 is 11.6 Å². The van der Waals surface area contributed by atoms with Gasteiger partial charge in [-0.05, 0) is 43.2 Å². The van der Waals surface area contributed by atoms with E-state index in [0.717, 1.165) is 24.2 Å². The highest BCUT2D eigenvalue weighted by molar-refractivity contribution is 5.78. The van der Waals surface area contributed by atoms with Crippen LogP contribution in [0.5, 0.6) is 0 Å². The minimum absolute atomic E-state index is 0.0317. The maximum atomic E-state index is 13.8. The molecule has 126 valence electrons. The molecule has 3 rings (SSSR count). The van der Waals surface area contributed by atoms with Crippen molar-refractivity contribution in [3.05, 3.63) is 65.2 Å². The van der Waals surface area contributed by atoms with E-state index in [2.05, 4.69) is 5.32 Å². The maximum absolute atomic E-state index is 13.8. The smallest absolute Gasteiger partial charge is 0.222 e. The fraction of sp³-hybridized carbons (Fsp3) is 0.316. The summed E-state index contributed by atoms with van der Waals surface area (Å²) in [6.07, 6.45) is 1.55. The highest BCUT2D eigenvalue weighted by atomic mass is 19.1. The minimum Gasteiger partial charge on any atom is -0.378 e. The monoisotopic (exact) mass is 330 g/mol. The van der Waals surface area contributed by atoms with E-state index in [0.29, 0.717) is 13.0 Å². The molecule has 0 radical (unpaired) electrons. The molecule has 1 amide bonds. The van der Waals surface area contributed by atoms with Crippen LogP contribution in [0.1, 0.15) is 36.9 Å². The van der Waals surface area contributed by atoms with E-state index in [1.165, 1.54) is 18.2 Å². The summed E-state index contributed by atoms with van der Waals surface area (Å²) >= 11 is 0. The second-order valence-corrected chi connectivity index (χ2v) is 6.12. The second kappa shape index (κ2) is 6.99. The Balaban J connectivity index is 1.66. The van der Waals surface area contributed by atoms with E-state index < -0.39 is 17.7 Å². The quantitative estimate of drug-likeness (QED) is 0.888. The predicted molar refractivity (Wildman–Crippen MR) is 89.5 cm³/mol. The van der Waals surface area contributed by atoms with Crippen molar-refractivity contribution in [2.45, 2.75) is 32.4 Å². The maximum Gasteiger partial charge on any atom is 0.222 e. The number of anilines is 1. The molecule has 0 unspecified atom stereocenters. The summed E-state index contributed by atoms with van der Waals surface area (Å²) in [5, 5.41) is 3.11. The van der Waals surface area contributed by atoms with Crippen molar-refractivity contribution in [2.75, 3.05) is 11.9 Å². The molecule has 0 aliphatic carbocycles. The first kappa shape index (κ1) is 16.4. The van der Waals surface area contributed by atoms with E-state index >= 15 is 0 Å². The lowest BCUT2D eigenvalue weighted by Crippen LogP contribution is -2.23. The summed E-state index contributed by atoms with van der Waals surface area (Å²) in [6.45, 7) is 3.14. The Bertz CT molecular complexity index is 710. The molecule has 0 saturated carbocycles. The number of carbonyl (C=O) groups excluding carboxylic acids is 1. The summed E-state index contributed by atoms with van der Waals surface area (Å²) in [5.74, 6) is -0.917. The zero-order valence-corrected chi connectivity index (χ0v) is 13.6. The van der Waals surface area contributed by atoms with Crippen molar-refractivity contribution in [3.63, 3.8) is 0 Å². The Morgan fingerprint density at radius 3 is 2.38 bits per heavy atom. The third kappa shape index (κ3) is 3.55. The molecule has 3 nitrogen and oxygen atoms in total. The number of hydrogen-bond donors (Lipinski definition) is 1. The van der Waals surface area contributed by atoms with E-state index in [1.54, 1.807) is 6.92 Å². The Labute approximate surface area is 140 Å². The summed E-state index contributed by atoms with van der Waals surface area (Å²) < 4.78 is 27.6. The van der Waals surface area contributed by atoms with Crippen molar-refractivity contribution in [2.24, 2.45) is 0 Å². The fourth-order valence-electron chi connectivity index (χ4n) is 3.04. The van der Waals surface area contributed by atoms with Gasteiger partial charge in [-0.1, -0.05) is 18.2 Å². The lowest BCUT2D eigenvalue weighted by Gasteiger charge is -2.18. The molecule has 1 aliphatic rings. The van der Waals surface area contributed by atoms with Crippen LogP contribution < -0.4 is 5.32 Å². The molecule has 1 atom stereocenters. The lowest BCUT2D eigenvalue weighted by atomic mass is 10.1. The number of rotatable bonds is 5. The molecular weight excluding hydrogens is 310 g/mol. The molecule has 0 spiro atoms. The predicted octanol–water partition coefficient (Wildman–Crippen LogP) is 4.26. The van der Waals surface area contributed by atoms with E-state index in [1.807, 2.05) is 29.2 Å². The van der Waals surface area contributed by atoms with Crippen LogP contribution in [-0.2, 0) is 11.3 Å². The van der Waals surface area contributed by atoms with Gasteiger partial charge in [-0.3, -0.25) is 4.79 Å². The number of likely N-dealkylation sites (tertiary alicyclic amines) is 1.